The molecule has 0 radical (unpaired) electrons. The molecule has 184 valence electrons. The van der Waals surface area contributed by atoms with Crippen molar-refractivity contribution < 1.29 is 19.1 Å². The molecule has 1 fully saturated rings. The maximum absolute atomic E-state index is 12.5. The lowest BCUT2D eigenvalue weighted by molar-refractivity contribution is -0.121. The van der Waals surface area contributed by atoms with E-state index < -0.39 is 0 Å². The van der Waals surface area contributed by atoms with E-state index in [1.807, 2.05) is 18.2 Å². The van der Waals surface area contributed by atoms with Gasteiger partial charge < -0.3 is 25.0 Å². The van der Waals surface area contributed by atoms with Crippen LogP contribution in [0.2, 0.25) is 0 Å². The smallest absolute Gasteiger partial charge is 0.224 e. The number of anilines is 3. The molecule has 1 aromatic heterocycles. The van der Waals surface area contributed by atoms with Crippen LogP contribution in [-0.4, -0.2) is 44.1 Å². The highest BCUT2D eigenvalue weighted by atomic mass is 16.5. The largest absolute Gasteiger partial charge is 0.493 e. The zero-order valence-corrected chi connectivity index (χ0v) is 20.5. The predicted molar refractivity (Wildman–Crippen MR) is 139 cm³/mol. The molecular formula is C27H32N4O4. The molecule has 2 N–H and O–H groups in total. The van der Waals surface area contributed by atoms with Gasteiger partial charge in [-0.25, -0.2) is 4.98 Å². The number of aryl methyl sites for hydroxylation is 1. The number of methoxy groups -OCH3 is 2. The summed E-state index contributed by atoms with van der Waals surface area (Å²) in [5.74, 6) is 1.64. The summed E-state index contributed by atoms with van der Waals surface area (Å²) < 4.78 is 10.5. The summed E-state index contributed by atoms with van der Waals surface area (Å²) in [5.41, 5.74) is 3.31. The first-order valence-corrected chi connectivity index (χ1v) is 11.9. The Morgan fingerprint density at radius 3 is 2.14 bits per heavy atom. The van der Waals surface area contributed by atoms with Crippen molar-refractivity contribution >= 4 is 39.9 Å². The number of piperidine rings is 1. The molecule has 35 heavy (non-hydrogen) atoms. The van der Waals surface area contributed by atoms with Gasteiger partial charge in [-0.05, 0) is 68.1 Å². The first kappa shape index (κ1) is 24.3. The topological polar surface area (TPSA) is 92.8 Å². The van der Waals surface area contributed by atoms with Gasteiger partial charge in [0, 0.05) is 48.8 Å². The molecule has 8 nitrogen and oxygen atoms in total. The Morgan fingerprint density at radius 1 is 0.857 bits per heavy atom. The molecule has 0 aliphatic carbocycles. The van der Waals surface area contributed by atoms with Crippen molar-refractivity contribution in [2.75, 3.05) is 42.8 Å². The van der Waals surface area contributed by atoms with Crippen LogP contribution >= 0.6 is 0 Å². The summed E-state index contributed by atoms with van der Waals surface area (Å²) in [6, 6.07) is 13.0. The number of carbonyl (C=O) groups excluding carboxylic acids is 2. The van der Waals surface area contributed by atoms with Crippen molar-refractivity contribution in [3.63, 3.8) is 0 Å². The molecule has 8 heteroatoms. The van der Waals surface area contributed by atoms with E-state index in [4.69, 9.17) is 14.5 Å². The lowest BCUT2D eigenvalue weighted by Crippen LogP contribution is -2.30. The number of rotatable bonds is 8. The zero-order valence-electron chi connectivity index (χ0n) is 20.5. The van der Waals surface area contributed by atoms with Crippen LogP contribution in [0, 0.1) is 6.92 Å². The Hall–Kier alpha value is -3.81. The Balaban J connectivity index is 1.34. The number of ether oxygens (including phenoxy) is 2. The quantitative estimate of drug-likeness (QED) is 0.480. The molecule has 0 atom stereocenters. The molecule has 1 aliphatic rings. The van der Waals surface area contributed by atoms with Crippen LogP contribution in [0.5, 0.6) is 11.5 Å². The summed E-state index contributed by atoms with van der Waals surface area (Å²) in [6.45, 7) is 4.17. The van der Waals surface area contributed by atoms with Crippen molar-refractivity contribution in [2.45, 2.75) is 39.0 Å². The van der Waals surface area contributed by atoms with E-state index in [1.54, 1.807) is 25.3 Å². The van der Waals surface area contributed by atoms with Gasteiger partial charge >= 0.3 is 0 Å². The number of aromatic nitrogens is 1. The minimum atomic E-state index is -0.254. The lowest BCUT2D eigenvalue weighted by Gasteiger charge is -2.28. The number of carbonyl (C=O) groups is 2. The van der Waals surface area contributed by atoms with Crippen LogP contribution in [0.3, 0.4) is 0 Å². The maximum Gasteiger partial charge on any atom is 0.224 e. The third kappa shape index (κ3) is 6.01. The second kappa shape index (κ2) is 11.1. The molecule has 1 aliphatic heterocycles. The summed E-state index contributed by atoms with van der Waals surface area (Å²) in [6.07, 6.45) is 3.83. The summed E-state index contributed by atoms with van der Waals surface area (Å²) in [5, 5.41) is 6.69. The summed E-state index contributed by atoms with van der Waals surface area (Å²) >= 11 is 0. The van der Waals surface area contributed by atoms with Gasteiger partial charge in [0.2, 0.25) is 11.8 Å². The number of hydrogen-bond acceptors (Lipinski definition) is 6. The average molecular weight is 477 g/mol. The molecule has 0 bridgehead atoms. The number of nitrogens with zero attached hydrogens (tertiary/aromatic N) is 2. The van der Waals surface area contributed by atoms with Gasteiger partial charge in [0.1, 0.15) is 5.82 Å². The van der Waals surface area contributed by atoms with Gasteiger partial charge in [-0.2, -0.15) is 0 Å². The van der Waals surface area contributed by atoms with Crippen molar-refractivity contribution in [3.05, 3.63) is 48.0 Å². The van der Waals surface area contributed by atoms with Crippen molar-refractivity contribution in [2.24, 2.45) is 0 Å². The van der Waals surface area contributed by atoms with Crippen molar-refractivity contribution in [1.82, 2.24) is 4.98 Å². The monoisotopic (exact) mass is 476 g/mol. The lowest BCUT2D eigenvalue weighted by atomic mass is 10.1. The number of pyridine rings is 1. The molecule has 4 rings (SSSR count). The third-order valence-corrected chi connectivity index (χ3v) is 6.21. The van der Waals surface area contributed by atoms with E-state index >= 15 is 0 Å². The highest BCUT2D eigenvalue weighted by molar-refractivity contribution is 5.98. The summed E-state index contributed by atoms with van der Waals surface area (Å²) in [4.78, 5) is 32.0. The fourth-order valence-corrected chi connectivity index (χ4v) is 4.33. The van der Waals surface area contributed by atoms with E-state index in [0.29, 0.717) is 22.9 Å². The Labute approximate surface area is 205 Å². The summed E-state index contributed by atoms with van der Waals surface area (Å²) in [7, 11) is 3.08. The minimum absolute atomic E-state index is 0.0630. The Kier molecular flexibility index (Phi) is 7.70. The van der Waals surface area contributed by atoms with Gasteiger partial charge in [0.05, 0.1) is 19.7 Å². The standard InChI is InChI=1S/C27H32N4O4/c1-18-15-25(31-13-5-4-6-14-31)30-22-9-7-19(16-21(18)22)28-26(32)11-12-27(33)29-20-8-10-23(34-2)24(17-20)35-3/h7-10,15-17H,4-6,11-14H2,1-3H3,(H,28,32)(H,29,33). The Morgan fingerprint density at radius 2 is 1.49 bits per heavy atom. The van der Waals surface area contributed by atoms with E-state index in [9.17, 15) is 9.59 Å². The first-order valence-electron chi connectivity index (χ1n) is 11.9. The molecule has 1 saturated heterocycles. The van der Waals surface area contributed by atoms with E-state index in [1.165, 1.54) is 26.4 Å². The van der Waals surface area contributed by atoms with Gasteiger partial charge in [-0.3, -0.25) is 9.59 Å². The van der Waals surface area contributed by atoms with Crippen LogP contribution < -0.4 is 25.0 Å². The van der Waals surface area contributed by atoms with Crippen LogP contribution in [0.4, 0.5) is 17.2 Å². The van der Waals surface area contributed by atoms with Crippen molar-refractivity contribution in [3.8, 4) is 11.5 Å². The van der Waals surface area contributed by atoms with Crippen molar-refractivity contribution in [1.29, 1.82) is 0 Å². The number of hydrogen-bond donors (Lipinski definition) is 2. The van der Waals surface area contributed by atoms with Gasteiger partial charge in [-0.1, -0.05) is 0 Å². The number of fused-ring (bicyclic) bond motifs is 1. The molecule has 2 amide bonds. The molecule has 0 unspecified atom stereocenters. The predicted octanol–water partition coefficient (Wildman–Crippen LogP) is 4.91. The molecule has 2 aromatic carbocycles. The van der Waals surface area contributed by atoms with E-state index in [-0.39, 0.29) is 24.7 Å². The van der Waals surface area contributed by atoms with Crippen LogP contribution in [0.15, 0.2) is 42.5 Å². The van der Waals surface area contributed by atoms with Gasteiger partial charge in [-0.15, -0.1) is 0 Å². The average Bonchev–Trinajstić information content (AvgIpc) is 2.88. The maximum atomic E-state index is 12.5. The second-order valence-corrected chi connectivity index (χ2v) is 8.74. The third-order valence-electron chi connectivity index (χ3n) is 6.21. The molecule has 0 spiro atoms. The van der Waals surface area contributed by atoms with Crippen LogP contribution in [-0.2, 0) is 9.59 Å². The highest BCUT2D eigenvalue weighted by Gasteiger charge is 2.15. The van der Waals surface area contributed by atoms with Crippen LogP contribution in [0.25, 0.3) is 10.9 Å². The normalized spacial score (nSPS) is 13.4. The minimum Gasteiger partial charge on any atom is -0.493 e. The number of benzene rings is 2. The van der Waals surface area contributed by atoms with Crippen LogP contribution in [0.1, 0.15) is 37.7 Å². The molecule has 3 aromatic rings. The molecular weight excluding hydrogens is 444 g/mol. The number of nitrogens with one attached hydrogen (secondary N) is 2. The molecule has 2 heterocycles. The SMILES string of the molecule is COc1ccc(NC(=O)CCC(=O)Nc2ccc3nc(N4CCCCC4)cc(C)c3c2)cc1OC. The van der Waals surface area contributed by atoms with Gasteiger partial charge in [0.25, 0.3) is 0 Å². The fraction of sp³-hybridized carbons (Fsp3) is 0.370. The van der Waals surface area contributed by atoms with E-state index in [2.05, 4.69) is 28.5 Å². The number of amides is 2. The fourth-order valence-electron chi connectivity index (χ4n) is 4.33. The zero-order chi connectivity index (χ0) is 24.8. The highest BCUT2D eigenvalue weighted by Crippen LogP contribution is 2.30. The molecule has 0 saturated carbocycles. The Bertz CT molecular complexity index is 1220. The van der Waals surface area contributed by atoms with E-state index in [0.717, 1.165) is 35.4 Å². The first-order chi connectivity index (χ1) is 17.0. The second-order valence-electron chi connectivity index (χ2n) is 8.74. The van der Waals surface area contributed by atoms with Gasteiger partial charge in [0.15, 0.2) is 11.5 Å².